The highest BCUT2D eigenvalue weighted by atomic mass is 35.5. The van der Waals surface area contributed by atoms with Crippen molar-refractivity contribution in [3.63, 3.8) is 0 Å². The number of hydrogen-bond donors (Lipinski definition) is 3. The van der Waals surface area contributed by atoms with Crippen LogP contribution in [0, 0.1) is 5.82 Å². The van der Waals surface area contributed by atoms with Crippen molar-refractivity contribution < 1.29 is 9.18 Å². The Labute approximate surface area is 196 Å². The Hall–Kier alpha value is -3.71. The molecule has 0 spiro atoms. The van der Waals surface area contributed by atoms with Gasteiger partial charge in [0, 0.05) is 39.6 Å². The maximum atomic E-state index is 14.0. The average molecular weight is 464 g/mol. The molecule has 4 rings (SSSR count). The number of carbonyl (C=O) groups excluding carboxylic acids is 1. The molecule has 0 saturated heterocycles. The molecule has 2 aromatic heterocycles. The highest BCUT2D eigenvalue weighted by Gasteiger charge is 2.22. The molecule has 0 unspecified atom stereocenters. The van der Waals surface area contributed by atoms with Crippen LogP contribution in [0.4, 0.5) is 20.6 Å². The van der Waals surface area contributed by atoms with Crippen molar-refractivity contribution in [3.8, 4) is 22.5 Å². The maximum absolute atomic E-state index is 14.0. The van der Waals surface area contributed by atoms with Gasteiger partial charge in [0.25, 0.3) is 0 Å². The molecule has 0 fully saturated rings. The van der Waals surface area contributed by atoms with Crippen molar-refractivity contribution in [2.75, 3.05) is 10.6 Å². The molecule has 0 radical (unpaired) electrons. The lowest BCUT2D eigenvalue weighted by molar-refractivity contribution is 0.262. The molecule has 2 aromatic carbocycles. The zero-order chi connectivity index (χ0) is 23.6. The summed E-state index contributed by atoms with van der Waals surface area (Å²) in [6, 6.07) is 14.7. The van der Waals surface area contributed by atoms with E-state index in [9.17, 15) is 9.18 Å². The summed E-state index contributed by atoms with van der Waals surface area (Å²) in [5.74, 6) is 0.234. The molecule has 168 valence electrons. The molecule has 0 atom stereocenters. The third kappa shape index (κ3) is 5.21. The van der Waals surface area contributed by atoms with Crippen LogP contribution in [0.15, 0.2) is 67.0 Å². The number of rotatable bonds is 4. The van der Waals surface area contributed by atoms with E-state index in [4.69, 9.17) is 16.6 Å². The fourth-order valence-corrected chi connectivity index (χ4v) is 3.44. The Bertz CT molecular complexity index is 1300. The largest absolute Gasteiger partial charge is 0.341 e. The summed E-state index contributed by atoms with van der Waals surface area (Å²) in [4.78, 5) is 24.9. The fraction of sp³-hybridized carbons (Fsp3) is 0.160. The summed E-state index contributed by atoms with van der Waals surface area (Å²) >= 11 is 5.77. The predicted molar refractivity (Wildman–Crippen MR) is 130 cm³/mol. The minimum Gasteiger partial charge on any atom is -0.341 e. The number of aromatic nitrogens is 3. The van der Waals surface area contributed by atoms with Crippen LogP contribution in [0.25, 0.3) is 22.5 Å². The third-order valence-corrected chi connectivity index (χ3v) is 5.19. The average Bonchev–Trinajstić information content (AvgIpc) is 3.23. The van der Waals surface area contributed by atoms with E-state index in [0.29, 0.717) is 5.69 Å². The number of halogens is 2. The van der Waals surface area contributed by atoms with Gasteiger partial charge in [-0.05, 0) is 42.5 Å². The van der Waals surface area contributed by atoms with E-state index in [0.717, 1.165) is 34.4 Å². The van der Waals surface area contributed by atoms with Crippen molar-refractivity contribution in [1.82, 2.24) is 15.0 Å². The molecule has 0 bridgehead atoms. The molecule has 3 N–H and O–H groups in total. The Morgan fingerprint density at radius 3 is 2.45 bits per heavy atom. The van der Waals surface area contributed by atoms with Gasteiger partial charge in [-0.1, -0.05) is 44.5 Å². The Morgan fingerprint density at radius 2 is 1.76 bits per heavy atom. The predicted octanol–water partition coefficient (Wildman–Crippen LogP) is 6.87. The third-order valence-electron chi connectivity index (χ3n) is 4.96. The SMILES string of the molecule is CC(C)(C)c1nc(-c2cccc(NC(=O)Nc3ccc(Cl)cc3F)c2)c(-c2ccncc2)[nH]1. The first kappa shape index (κ1) is 22.5. The first-order valence-electron chi connectivity index (χ1n) is 10.3. The van der Waals surface area contributed by atoms with Crippen molar-refractivity contribution in [2.24, 2.45) is 0 Å². The lowest BCUT2D eigenvalue weighted by atomic mass is 9.96. The van der Waals surface area contributed by atoms with Gasteiger partial charge in [-0.3, -0.25) is 4.98 Å². The van der Waals surface area contributed by atoms with Gasteiger partial charge < -0.3 is 15.6 Å². The topological polar surface area (TPSA) is 82.7 Å². The maximum Gasteiger partial charge on any atom is 0.323 e. The van der Waals surface area contributed by atoms with E-state index < -0.39 is 11.8 Å². The number of urea groups is 1. The van der Waals surface area contributed by atoms with Crippen LogP contribution in [0.5, 0.6) is 0 Å². The van der Waals surface area contributed by atoms with Gasteiger partial charge in [-0.25, -0.2) is 14.2 Å². The summed E-state index contributed by atoms with van der Waals surface area (Å²) in [5, 5.41) is 5.49. The van der Waals surface area contributed by atoms with Gasteiger partial charge in [0.1, 0.15) is 11.6 Å². The molecule has 2 amide bonds. The van der Waals surface area contributed by atoms with Crippen LogP contribution in [0.2, 0.25) is 5.02 Å². The van der Waals surface area contributed by atoms with E-state index >= 15 is 0 Å². The van der Waals surface area contributed by atoms with Gasteiger partial charge >= 0.3 is 6.03 Å². The summed E-state index contributed by atoms with van der Waals surface area (Å²) in [5.41, 5.74) is 3.81. The second-order valence-electron chi connectivity index (χ2n) is 8.58. The quantitative estimate of drug-likeness (QED) is 0.308. The number of amides is 2. The van der Waals surface area contributed by atoms with E-state index in [1.807, 2.05) is 30.3 Å². The zero-order valence-corrected chi connectivity index (χ0v) is 19.2. The molecule has 2 heterocycles. The van der Waals surface area contributed by atoms with Crippen LogP contribution in [-0.2, 0) is 5.41 Å². The van der Waals surface area contributed by atoms with Crippen molar-refractivity contribution >= 4 is 29.0 Å². The normalized spacial score (nSPS) is 11.3. The second-order valence-corrected chi connectivity index (χ2v) is 9.02. The number of nitrogens with one attached hydrogen (secondary N) is 3. The van der Waals surface area contributed by atoms with E-state index in [-0.39, 0.29) is 16.1 Å². The Kier molecular flexibility index (Phi) is 6.16. The lowest BCUT2D eigenvalue weighted by Gasteiger charge is -2.14. The fourth-order valence-electron chi connectivity index (χ4n) is 3.28. The van der Waals surface area contributed by atoms with Crippen LogP contribution in [0.1, 0.15) is 26.6 Å². The lowest BCUT2D eigenvalue weighted by Crippen LogP contribution is -2.20. The molecule has 4 aromatic rings. The van der Waals surface area contributed by atoms with E-state index in [2.05, 4.69) is 41.4 Å². The molecule has 0 aliphatic carbocycles. The number of carbonyl (C=O) groups is 1. The van der Waals surface area contributed by atoms with Crippen LogP contribution in [-0.4, -0.2) is 21.0 Å². The zero-order valence-electron chi connectivity index (χ0n) is 18.4. The van der Waals surface area contributed by atoms with Crippen molar-refractivity contribution in [2.45, 2.75) is 26.2 Å². The molecule has 0 aliphatic heterocycles. The van der Waals surface area contributed by atoms with Gasteiger partial charge in [0.2, 0.25) is 0 Å². The minimum atomic E-state index is -0.611. The Balaban J connectivity index is 1.63. The van der Waals surface area contributed by atoms with Crippen molar-refractivity contribution in [3.05, 3.63) is 83.7 Å². The highest BCUT2D eigenvalue weighted by Crippen LogP contribution is 2.34. The number of nitrogens with zero attached hydrogens (tertiary/aromatic N) is 2. The summed E-state index contributed by atoms with van der Waals surface area (Å²) in [7, 11) is 0. The smallest absolute Gasteiger partial charge is 0.323 e. The summed E-state index contributed by atoms with van der Waals surface area (Å²) in [6.07, 6.45) is 3.46. The Morgan fingerprint density at radius 1 is 1.00 bits per heavy atom. The second kappa shape index (κ2) is 9.03. The first-order chi connectivity index (χ1) is 15.7. The molecule has 8 heteroatoms. The highest BCUT2D eigenvalue weighted by molar-refractivity contribution is 6.30. The number of hydrogen-bond acceptors (Lipinski definition) is 3. The van der Waals surface area contributed by atoms with Crippen LogP contribution in [0.3, 0.4) is 0 Å². The first-order valence-corrected chi connectivity index (χ1v) is 10.7. The molecule has 0 saturated carbocycles. The van der Waals surface area contributed by atoms with E-state index in [1.165, 1.54) is 12.1 Å². The summed E-state index contributed by atoms with van der Waals surface area (Å²) < 4.78 is 14.0. The minimum absolute atomic E-state index is 0.0372. The number of H-pyrrole nitrogens is 1. The molecule has 0 aliphatic rings. The van der Waals surface area contributed by atoms with Crippen LogP contribution < -0.4 is 10.6 Å². The molecular weight excluding hydrogens is 441 g/mol. The molecular formula is C25H23ClFN5O. The molecule has 33 heavy (non-hydrogen) atoms. The number of benzene rings is 2. The van der Waals surface area contributed by atoms with Gasteiger partial charge in [0.15, 0.2) is 0 Å². The van der Waals surface area contributed by atoms with Crippen LogP contribution >= 0.6 is 11.6 Å². The van der Waals surface area contributed by atoms with Gasteiger partial charge in [0.05, 0.1) is 17.1 Å². The monoisotopic (exact) mass is 463 g/mol. The molecule has 6 nitrogen and oxygen atoms in total. The number of pyridine rings is 1. The standard InChI is InChI=1S/C25H23ClFN5O/c1-25(2,3)23-31-21(15-9-11-28-12-10-15)22(32-23)16-5-4-6-18(13-16)29-24(33)30-20-8-7-17(26)14-19(20)27/h4-14H,1-3H3,(H,31,32)(H2,29,30,33). The number of anilines is 2. The van der Waals surface area contributed by atoms with Crippen molar-refractivity contribution in [1.29, 1.82) is 0 Å². The summed E-state index contributed by atoms with van der Waals surface area (Å²) in [6.45, 7) is 6.26. The number of aromatic amines is 1. The van der Waals surface area contributed by atoms with Gasteiger partial charge in [-0.15, -0.1) is 0 Å². The number of imidazole rings is 1. The van der Waals surface area contributed by atoms with E-state index in [1.54, 1.807) is 18.5 Å². The van der Waals surface area contributed by atoms with Gasteiger partial charge in [-0.2, -0.15) is 0 Å².